The van der Waals surface area contributed by atoms with Gasteiger partial charge in [0.05, 0.1) is 7.11 Å². The molecule has 5 nitrogen and oxygen atoms in total. The van der Waals surface area contributed by atoms with Crippen molar-refractivity contribution >= 4 is 5.91 Å². The Kier molecular flexibility index (Phi) is 3.75. The fourth-order valence-corrected chi connectivity index (χ4v) is 1.17. The van der Waals surface area contributed by atoms with Gasteiger partial charge < -0.3 is 10.5 Å². The number of halogens is 2. The van der Waals surface area contributed by atoms with Crippen molar-refractivity contribution in [3.63, 3.8) is 0 Å². The van der Waals surface area contributed by atoms with Gasteiger partial charge in [0.15, 0.2) is 11.6 Å². The topological polar surface area (TPSA) is 90.4 Å². The van der Waals surface area contributed by atoms with E-state index in [-0.39, 0.29) is 11.3 Å². The molecule has 5 N–H and O–H groups in total. The van der Waals surface area contributed by atoms with Crippen molar-refractivity contribution in [3.8, 4) is 5.75 Å². The highest BCUT2D eigenvalue weighted by molar-refractivity contribution is 5.82. The fraction of sp³-hybridized carbons (Fsp3) is 0.222. The lowest BCUT2D eigenvalue weighted by atomic mass is 10.1. The molecule has 0 radical (unpaired) electrons. The third-order valence-corrected chi connectivity index (χ3v) is 2.03. The van der Waals surface area contributed by atoms with Crippen LogP contribution in [0.15, 0.2) is 12.1 Å². The zero-order chi connectivity index (χ0) is 12.3. The van der Waals surface area contributed by atoms with Crippen LogP contribution in [0, 0.1) is 11.6 Å². The van der Waals surface area contributed by atoms with Crippen molar-refractivity contribution in [2.75, 3.05) is 7.11 Å². The number of carbonyl (C=O) groups is 1. The molecule has 7 heteroatoms. The molecule has 0 aromatic heterocycles. The SMILES string of the molecule is COc1cc(F)c(C(N)C(=O)NN)cc1F. The Bertz CT molecular complexity index is 412. The number of rotatable bonds is 3. The second kappa shape index (κ2) is 4.86. The molecule has 88 valence electrons. The molecule has 1 aromatic rings. The van der Waals surface area contributed by atoms with E-state index in [0.29, 0.717) is 0 Å². The Labute approximate surface area is 90.3 Å². The summed E-state index contributed by atoms with van der Waals surface area (Å²) in [6.07, 6.45) is 0. The summed E-state index contributed by atoms with van der Waals surface area (Å²) in [5.41, 5.74) is 6.83. The van der Waals surface area contributed by atoms with Gasteiger partial charge in [0, 0.05) is 11.6 Å². The molecule has 0 fully saturated rings. The van der Waals surface area contributed by atoms with E-state index in [1.807, 2.05) is 0 Å². The third kappa shape index (κ3) is 2.26. The number of nitrogens with two attached hydrogens (primary N) is 2. The summed E-state index contributed by atoms with van der Waals surface area (Å²) in [4.78, 5) is 11.0. The Hall–Kier alpha value is -1.73. The minimum Gasteiger partial charge on any atom is -0.494 e. The number of nitrogens with one attached hydrogen (secondary N) is 1. The van der Waals surface area contributed by atoms with Crippen LogP contribution in [-0.2, 0) is 4.79 Å². The largest absolute Gasteiger partial charge is 0.494 e. The van der Waals surface area contributed by atoms with Gasteiger partial charge in [0.1, 0.15) is 11.9 Å². The summed E-state index contributed by atoms with van der Waals surface area (Å²) in [6, 6.07) is 0.243. The van der Waals surface area contributed by atoms with Gasteiger partial charge in [-0.15, -0.1) is 0 Å². The van der Waals surface area contributed by atoms with Gasteiger partial charge in [-0.25, -0.2) is 14.6 Å². The van der Waals surface area contributed by atoms with Crippen LogP contribution in [0.5, 0.6) is 5.75 Å². The third-order valence-electron chi connectivity index (χ3n) is 2.03. The smallest absolute Gasteiger partial charge is 0.255 e. The maximum atomic E-state index is 13.4. The van der Waals surface area contributed by atoms with E-state index in [2.05, 4.69) is 4.74 Å². The van der Waals surface area contributed by atoms with Crippen LogP contribution < -0.4 is 21.7 Å². The van der Waals surface area contributed by atoms with E-state index in [4.69, 9.17) is 11.6 Å². The maximum absolute atomic E-state index is 13.4. The van der Waals surface area contributed by atoms with Crippen molar-refractivity contribution in [2.24, 2.45) is 11.6 Å². The van der Waals surface area contributed by atoms with Crippen molar-refractivity contribution in [2.45, 2.75) is 6.04 Å². The lowest BCUT2D eigenvalue weighted by Crippen LogP contribution is -2.38. The van der Waals surface area contributed by atoms with Crippen LogP contribution in [0.3, 0.4) is 0 Å². The number of hydrazine groups is 1. The minimum atomic E-state index is -1.37. The van der Waals surface area contributed by atoms with Crippen molar-refractivity contribution in [1.29, 1.82) is 0 Å². The van der Waals surface area contributed by atoms with Gasteiger partial charge in [-0.3, -0.25) is 10.2 Å². The Morgan fingerprint density at radius 2 is 2.06 bits per heavy atom. The Morgan fingerprint density at radius 1 is 1.44 bits per heavy atom. The number of amides is 1. The fourth-order valence-electron chi connectivity index (χ4n) is 1.17. The lowest BCUT2D eigenvalue weighted by molar-refractivity contribution is -0.122. The average Bonchev–Trinajstić information content (AvgIpc) is 2.29. The van der Waals surface area contributed by atoms with Crippen LogP contribution >= 0.6 is 0 Å². The molecule has 0 saturated heterocycles. The summed E-state index contributed by atoms with van der Waals surface area (Å²) in [7, 11) is 1.20. The highest BCUT2D eigenvalue weighted by Crippen LogP contribution is 2.24. The van der Waals surface area contributed by atoms with Gasteiger partial charge in [0.25, 0.3) is 5.91 Å². The molecular weight excluding hydrogens is 220 g/mol. The molecular formula is C9H11F2N3O2. The van der Waals surface area contributed by atoms with Crippen molar-refractivity contribution in [3.05, 3.63) is 29.3 Å². The van der Waals surface area contributed by atoms with Gasteiger partial charge >= 0.3 is 0 Å². The minimum absolute atomic E-state index is 0.262. The van der Waals surface area contributed by atoms with Crippen LogP contribution in [-0.4, -0.2) is 13.0 Å². The monoisotopic (exact) mass is 231 g/mol. The van der Waals surface area contributed by atoms with E-state index in [0.717, 1.165) is 12.1 Å². The zero-order valence-electron chi connectivity index (χ0n) is 8.46. The standard InChI is InChI=1S/C9H11F2N3O2/c1-16-7-3-5(10)4(2-6(7)11)8(12)9(15)14-13/h2-3,8H,12-13H2,1H3,(H,14,15). The first-order chi connectivity index (χ1) is 7.51. The van der Waals surface area contributed by atoms with Gasteiger partial charge in [-0.1, -0.05) is 0 Å². The Balaban J connectivity index is 3.15. The molecule has 0 spiro atoms. The number of hydrogen-bond donors (Lipinski definition) is 3. The average molecular weight is 231 g/mol. The van der Waals surface area contributed by atoms with Gasteiger partial charge in [0.2, 0.25) is 0 Å². The predicted molar refractivity (Wildman–Crippen MR) is 52.2 cm³/mol. The number of benzene rings is 1. The van der Waals surface area contributed by atoms with Crippen LogP contribution in [0.2, 0.25) is 0 Å². The molecule has 1 aromatic carbocycles. The normalized spacial score (nSPS) is 12.1. The number of methoxy groups -OCH3 is 1. The number of carbonyl (C=O) groups excluding carboxylic acids is 1. The van der Waals surface area contributed by atoms with Crippen molar-refractivity contribution < 1.29 is 18.3 Å². The van der Waals surface area contributed by atoms with E-state index < -0.39 is 23.6 Å². The Morgan fingerprint density at radius 3 is 2.56 bits per heavy atom. The number of ether oxygens (including phenoxy) is 1. The summed E-state index contributed by atoms with van der Waals surface area (Å²) in [5, 5.41) is 0. The molecule has 0 aliphatic rings. The van der Waals surface area contributed by atoms with E-state index in [1.165, 1.54) is 7.11 Å². The molecule has 0 heterocycles. The maximum Gasteiger partial charge on any atom is 0.255 e. The van der Waals surface area contributed by atoms with Crippen LogP contribution in [0.4, 0.5) is 8.78 Å². The van der Waals surface area contributed by atoms with E-state index in [1.54, 1.807) is 5.43 Å². The second-order valence-electron chi connectivity index (χ2n) is 2.99. The zero-order valence-corrected chi connectivity index (χ0v) is 8.46. The lowest BCUT2D eigenvalue weighted by Gasteiger charge is -2.12. The first kappa shape index (κ1) is 12.3. The molecule has 1 unspecified atom stereocenters. The molecule has 1 rings (SSSR count). The van der Waals surface area contributed by atoms with E-state index in [9.17, 15) is 13.6 Å². The summed E-state index contributed by atoms with van der Waals surface area (Å²) >= 11 is 0. The highest BCUT2D eigenvalue weighted by atomic mass is 19.1. The summed E-state index contributed by atoms with van der Waals surface area (Å²) in [5.74, 6) is 2.11. The summed E-state index contributed by atoms with van der Waals surface area (Å²) in [6.45, 7) is 0. The van der Waals surface area contributed by atoms with Crippen LogP contribution in [0.25, 0.3) is 0 Å². The molecule has 0 aliphatic carbocycles. The quantitative estimate of drug-likeness (QED) is 0.387. The second-order valence-corrected chi connectivity index (χ2v) is 2.99. The molecule has 1 amide bonds. The molecule has 1 atom stereocenters. The van der Waals surface area contributed by atoms with Crippen LogP contribution in [0.1, 0.15) is 11.6 Å². The van der Waals surface area contributed by atoms with E-state index >= 15 is 0 Å². The first-order valence-electron chi connectivity index (χ1n) is 4.30. The van der Waals surface area contributed by atoms with Gasteiger partial charge in [-0.05, 0) is 6.07 Å². The predicted octanol–water partition coefficient (Wildman–Crippen LogP) is -0.0369. The molecule has 0 bridgehead atoms. The summed E-state index contributed by atoms with van der Waals surface area (Å²) < 4.78 is 31.2. The molecule has 0 saturated carbocycles. The molecule has 16 heavy (non-hydrogen) atoms. The highest BCUT2D eigenvalue weighted by Gasteiger charge is 2.21. The van der Waals surface area contributed by atoms with Crippen molar-refractivity contribution in [1.82, 2.24) is 5.43 Å². The van der Waals surface area contributed by atoms with Gasteiger partial charge in [-0.2, -0.15) is 0 Å². The first-order valence-corrected chi connectivity index (χ1v) is 4.30. The molecule has 0 aliphatic heterocycles. The number of hydrogen-bond acceptors (Lipinski definition) is 4.